The van der Waals surface area contributed by atoms with Crippen molar-refractivity contribution in [2.24, 2.45) is 11.7 Å². The summed E-state index contributed by atoms with van der Waals surface area (Å²) in [4.78, 5) is 10.9. The van der Waals surface area contributed by atoms with Crippen molar-refractivity contribution in [2.75, 3.05) is 6.54 Å². The molecule has 0 aromatic carbocycles. The molecule has 1 fully saturated rings. The Hall–Kier alpha value is -0.570. The summed E-state index contributed by atoms with van der Waals surface area (Å²) in [6.45, 7) is 3.14. The molecule has 0 aromatic heterocycles. The summed E-state index contributed by atoms with van der Waals surface area (Å²) < 4.78 is 0. The van der Waals surface area contributed by atoms with E-state index in [1.807, 2.05) is 0 Å². The molecule has 1 rings (SSSR count). The summed E-state index contributed by atoms with van der Waals surface area (Å²) in [6, 6.07) is 0.329. The third-order valence-electron chi connectivity index (χ3n) is 3.05. The molecule has 0 bridgehead atoms. The highest BCUT2D eigenvalue weighted by atomic mass is 16.1. The van der Waals surface area contributed by atoms with Crippen molar-refractivity contribution >= 4 is 5.91 Å². The third-order valence-corrected chi connectivity index (χ3v) is 3.05. The molecule has 1 unspecified atom stereocenters. The Morgan fingerprint density at radius 1 is 1.50 bits per heavy atom. The molecule has 3 N–H and O–H groups in total. The van der Waals surface area contributed by atoms with Crippen LogP contribution in [0.2, 0.25) is 0 Å². The van der Waals surface area contributed by atoms with E-state index < -0.39 is 0 Å². The second-order valence-electron chi connectivity index (χ2n) is 4.28. The number of carbonyl (C=O) groups excluding carboxylic acids is 1. The van der Waals surface area contributed by atoms with Crippen LogP contribution in [-0.4, -0.2) is 18.5 Å². The molecule has 1 amide bonds. The van der Waals surface area contributed by atoms with E-state index in [4.69, 9.17) is 5.73 Å². The predicted molar refractivity (Wildman–Crippen MR) is 57.9 cm³/mol. The molecular weight excluding hydrogens is 176 g/mol. The fourth-order valence-corrected chi connectivity index (χ4v) is 2.31. The van der Waals surface area contributed by atoms with Gasteiger partial charge in [-0.25, -0.2) is 0 Å². The zero-order chi connectivity index (χ0) is 10.4. The first-order valence-electron chi connectivity index (χ1n) is 5.75. The average Bonchev–Trinajstić information content (AvgIpc) is 2.64. The van der Waals surface area contributed by atoms with E-state index in [9.17, 15) is 4.79 Å². The van der Waals surface area contributed by atoms with Crippen LogP contribution in [0.1, 0.15) is 45.4 Å². The van der Waals surface area contributed by atoms with Gasteiger partial charge in [-0.2, -0.15) is 0 Å². The van der Waals surface area contributed by atoms with E-state index in [2.05, 4.69) is 12.2 Å². The maximum absolute atomic E-state index is 10.9. The van der Waals surface area contributed by atoms with Crippen LogP contribution < -0.4 is 11.1 Å². The number of amides is 1. The highest BCUT2D eigenvalue weighted by Crippen LogP contribution is 2.28. The number of primary amides is 1. The highest BCUT2D eigenvalue weighted by Gasteiger charge is 2.25. The smallest absolute Gasteiger partial charge is 0.218 e. The Labute approximate surface area is 86.4 Å². The minimum absolute atomic E-state index is 0.175. The van der Waals surface area contributed by atoms with Gasteiger partial charge in [-0.05, 0) is 31.7 Å². The van der Waals surface area contributed by atoms with Crippen molar-refractivity contribution in [1.29, 1.82) is 0 Å². The van der Waals surface area contributed by atoms with Crippen LogP contribution in [0.4, 0.5) is 0 Å². The first kappa shape index (κ1) is 11.5. The minimum atomic E-state index is -0.175. The molecule has 0 radical (unpaired) electrons. The molecule has 0 saturated heterocycles. The molecule has 0 spiro atoms. The zero-order valence-electron chi connectivity index (χ0n) is 9.09. The number of nitrogens with one attached hydrogen (secondary N) is 1. The van der Waals surface area contributed by atoms with Crippen LogP contribution in [0.15, 0.2) is 0 Å². The molecule has 1 saturated carbocycles. The van der Waals surface area contributed by atoms with Crippen LogP contribution in [-0.2, 0) is 4.79 Å². The summed E-state index contributed by atoms with van der Waals surface area (Å²) in [6.07, 6.45) is 6.76. The lowest BCUT2D eigenvalue weighted by molar-refractivity contribution is -0.118. The van der Waals surface area contributed by atoms with Gasteiger partial charge < -0.3 is 11.1 Å². The van der Waals surface area contributed by atoms with Gasteiger partial charge in [0.1, 0.15) is 0 Å². The molecule has 1 aliphatic carbocycles. The van der Waals surface area contributed by atoms with Gasteiger partial charge in [-0.1, -0.05) is 19.8 Å². The maximum atomic E-state index is 10.9. The van der Waals surface area contributed by atoms with Gasteiger partial charge in [0.25, 0.3) is 0 Å². The first-order chi connectivity index (χ1) is 6.74. The SMILES string of the molecule is CCCNC(CC(N)=O)C1CCCC1. The lowest BCUT2D eigenvalue weighted by atomic mass is 9.95. The van der Waals surface area contributed by atoms with Crippen molar-refractivity contribution in [3.05, 3.63) is 0 Å². The van der Waals surface area contributed by atoms with Crippen molar-refractivity contribution in [3.8, 4) is 0 Å². The van der Waals surface area contributed by atoms with E-state index in [1.54, 1.807) is 0 Å². The van der Waals surface area contributed by atoms with Gasteiger partial charge in [-0.3, -0.25) is 4.79 Å². The van der Waals surface area contributed by atoms with E-state index in [0.717, 1.165) is 13.0 Å². The molecular formula is C11H22N2O. The van der Waals surface area contributed by atoms with E-state index in [-0.39, 0.29) is 5.91 Å². The summed E-state index contributed by atoms with van der Waals surface area (Å²) in [5.74, 6) is 0.500. The summed E-state index contributed by atoms with van der Waals surface area (Å²) in [5, 5.41) is 3.44. The number of hydrogen-bond donors (Lipinski definition) is 2. The Bertz CT molecular complexity index is 176. The van der Waals surface area contributed by atoms with Gasteiger partial charge in [0, 0.05) is 12.5 Å². The fraction of sp³-hybridized carbons (Fsp3) is 0.909. The topological polar surface area (TPSA) is 55.1 Å². The third kappa shape index (κ3) is 3.66. The molecule has 1 atom stereocenters. The molecule has 3 nitrogen and oxygen atoms in total. The van der Waals surface area contributed by atoms with E-state index >= 15 is 0 Å². The molecule has 1 aliphatic rings. The molecule has 3 heteroatoms. The van der Waals surface area contributed by atoms with Gasteiger partial charge in [0.2, 0.25) is 5.91 Å². The standard InChI is InChI=1S/C11H22N2O/c1-2-7-13-10(8-11(12)14)9-5-3-4-6-9/h9-10,13H,2-8H2,1H3,(H2,12,14). The minimum Gasteiger partial charge on any atom is -0.370 e. The fourth-order valence-electron chi connectivity index (χ4n) is 2.31. The largest absolute Gasteiger partial charge is 0.370 e. The first-order valence-corrected chi connectivity index (χ1v) is 5.75. The molecule has 14 heavy (non-hydrogen) atoms. The lowest BCUT2D eigenvalue weighted by Crippen LogP contribution is -2.39. The van der Waals surface area contributed by atoms with Crippen LogP contribution in [0.25, 0.3) is 0 Å². The molecule has 0 aliphatic heterocycles. The van der Waals surface area contributed by atoms with E-state index in [1.165, 1.54) is 25.7 Å². The number of hydrogen-bond acceptors (Lipinski definition) is 2. The molecule has 0 aromatic rings. The van der Waals surface area contributed by atoms with E-state index in [0.29, 0.717) is 18.4 Å². The van der Waals surface area contributed by atoms with Gasteiger partial charge in [0.15, 0.2) is 0 Å². The van der Waals surface area contributed by atoms with Crippen molar-refractivity contribution in [2.45, 2.75) is 51.5 Å². The van der Waals surface area contributed by atoms with Crippen molar-refractivity contribution in [3.63, 3.8) is 0 Å². The van der Waals surface area contributed by atoms with Gasteiger partial charge in [-0.15, -0.1) is 0 Å². The van der Waals surface area contributed by atoms with Crippen molar-refractivity contribution < 1.29 is 4.79 Å². The van der Waals surface area contributed by atoms with Crippen LogP contribution in [0, 0.1) is 5.92 Å². The Balaban J connectivity index is 2.37. The van der Waals surface area contributed by atoms with Crippen LogP contribution in [0.3, 0.4) is 0 Å². The molecule has 82 valence electrons. The monoisotopic (exact) mass is 198 g/mol. The second-order valence-corrected chi connectivity index (χ2v) is 4.28. The Morgan fingerprint density at radius 3 is 2.64 bits per heavy atom. The second kappa shape index (κ2) is 6.02. The highest BCUT2D eigenvalue weighted by molar-refractivity contribution is 5.74. The molecule has 0 heterocycles. The lowest BCUT2D eigenvalue weighted by Gasteiger charge is -2.23. The van der Waals surface area contributed by atoms with Crippen molar-refractivity contribution in [1.82, 2.24) is 5.32 Å². The average molecular weight is 198 g/mol. The number of nitrogens with two attached hydrogens (primary N) is 1. The quantitative estimate of drug-likeness (QED) is 0.678. The van der Waals surface area contributed by atoms with Crippen LogP contribution >= 0.6 is 0 Å². The summed E-state index contributed by atoms with van der Waals surface area (Å²) in [7, 11) is 0. The van der Waals surface area contributed by atoms with Gasteiger partial charge in [0.05, 0.1) is 0 Å². The maximum Gasteiger partial charge on any atom is 0.218 e. The number of carbonyl (C=O) groups is 1. The summed E-state index contributed by atoms with van der Waals surface area (Å²) >= 11 is 0. The number of rotatable bonds is 6. The van der Waals surface area contributed by atoms with Gasteiger partial charge >= 0.3 is 0 Å². The Morgan fingerprint density at radius 2 is 2.14 bits per heavy atom. The summed E-state index contributed by atoms with van der Waals surface area (Å²) in [5.41, 5.74) is 5.25. The predicted octanol–water partition coefficient (Wildman–Crippen LogP) is 1.42. The normalized spacial score (nSPS) is 19.8. The Kier molecular flexibility index (Phi) is 4.94. The zero-order valence-corrected chi connectivity index (χ0v) is 9.09. The van der Waals surface area contributed by atoms with Crippen LogP contribution in [0.5, 0.6) is 0 Å².